The van der Waals surface area contributed by atoms with Gasteiger partial charge in [0, 0.05) is 17.5 Å². The lowest BCUT2D eigenvalue weighted by Gasteiger charge is -2.23. The average Bonchev–Trinajstić information content (AvgIpc) is 2.71. The molecule has 1 aromatic rings. The van der Waals surface area contributed by atoms with Crippen LogP contribution in [0.4, 0.5) is 5.69 Å². The molecule has 2 rings (SSSR count). The predicted octanol–water partition coefficient (Wildman–Crippen LogP) is 1.43. The van der Waals surface area contributed by atoms with E-state index in [1.807, 2.05) is 12.1 Å². The van der Waals surface area contributed by atoms with E-state index in [0.29, 0.717) is 12.1 Å². The third kappa shape index (κ3) is 5.54. The van der Waals surface area contributed by atoms with Gasteiger partial charge < -0.3 is 10.6 Å². The van der Waals surface area contributed by atoms with E-state index in [2.05, 4.69) is 10.6 Å². The third-order valence-electron chi connectivity index (χ3n) is 3.49. The number of sulfone groups is 1. The van der Waals surface area contributed by atoms with Crippen LogP contribution in [0.5, 0.6) is 0 Å². The van der Waals surface area contributed by atoms with Crippen molar-refractivity contribution in [1.29, 1.82) is 0 Å². The first kappa shape index (κ1) is 17.8. The molecular formula is C15H20N2O4S2. The molecule has 0 spiro atoms. The Labute approximate surface area is 140 Å². The zero-order valence-electron chi connectivity index (χ0n) is 13.1. The molecule has 1 saturated heterocycles. The van der Waals surface area contributed by atoms with Crippen LogP contribution in [0.15, 0.2) is 29.2 Å². The van der Waals surface area contributed by atoms with Crippen molar-refractivity contribution in [2.45, 2.75) is 30.7 Å². The van der Waals surface area contributed by atoms with Crippen LogP contribution in [0, 0.1) is 0 Å². The quantitative estimate of drug-likeness (QED) is 0.779. The average molecular weight is 356 g/mol. The number of nitrogens with one attached hydrogen (secondary N) is 2. The topological polar surface area (TPSA) is 92.3 Å². The fourth-order valence-corrected chi connectivity index (χ4v) is 5.26. The zero-order chi connectivity index (χ0) is 17.1. The maximum Gasteiger partial charge on any atom is 0.230 e. The summed E-state index contributed by atoms with van der Waals surface area (Å²) >= 11 is 1.36. The lowest BCUT2D eigenvalue weighted by atomic mass is 10.0. The smallest absolute Gasteiger partial charge is 0.230 e. The first-order valence-electron chi connectivity index (χ1n) is 7.19. The second kappa shape index (κ2) is 6.92. The molecule has 8 heteroatoms. The van der Waals surface area contributed by atoms with Gasteiger partial charge in [0.05, 0.1) is 22.8 Å². The first-order valence-corrected chi connectivity index (χ1v) is 10.0. The number of benzene rings is 1. The van der Waals surface area contributed by atoms with Crippen molar-refractivity contribution in [2.24, 2.45) is 0 Å². The first-order chi connectivity index (χ1) is 10.7. The molecule has 126 valence electrons. The highest BCUT2D eigenvalue weighted by Gasteiger charge is 2.39. The van der Waals surface area contributed by atoms with Crippen LogP contribution in [0.1, 0.15) is 20.3 Å². The maximum absolute atomic E-state index is 12.0. The molecule has 0 radical (unpaired) electrons. The van der Waals surface area contributed by atoms with Crippen LogP contribution in [0.3, 0.4) is 0 Å². The number of carbonyl (C=O) groups excluding carboxylic acids is 2. The van der Waals surface area contributed by atoms with E-state index in [4.69, 9.17) is 0 Å². The molecule has 2 amide bonds. The predicted molar refractivity (Wildman–Crippen MR) is 91.3 cm³/mol. The minimum Gasteiger partial charge on any atom is -0.349 e. The SMILES string of the molecule is CC(=O)Nc1ccc(SCC(=O)N[C@@]2(C)CCS(=O)(=O)C2)cc1. The summed E-state index contributed by atoms with van der Waals surface area (Å²) in [6, 6.07) is 7.19. The number of anilines is 1. The molecule has 0 unspecified atom stereocenters. The summed E-state index contributed by atoms with van der Waals surface area (Å²) in [5.41, 5.74) is 0.0427. The van der Waals surface area contributed by atoms with Crippen LogP contribution < -0.4 is 10.6 Å². The van der Waals surface area contributed by atoms with Gasteiger partial charge in [-0.3, -0.25) is 9.59 Å². The Balaban J connectivity index is 1.84. The summed E-state index contributed by atoms with van der Waals surface area (Å²) in [7, 11) is -3.04. The number of hydrogen-bond acceptors (Lipinski definition) is 5. The Morgan fingerprint density at radius 3 is 2.43 bits per heavy atom. The van der Waals surface area contributed by atoms with Crippen molar-refractivity contribution in [2.75, 3.05) is 22.6 Å². The van der Waals surface area contributed by atoms with Crippen LogP contribution >= 0.6 is 11.8 Å². The van der Waals surface area contributed by atoms with Gasteiger partial charge in [0.25, 0.3) is 0 Å². The van der Waals surface area contributed by atoms with Crippen LogP contribution in [0.25, 0.3) is 0 Å². The molecule has 1 aromatic carbocycles. The summed E-state index contributed by atoms with van der Waals surface area (Å²) in [4.78, 5) is 23.9. The maximum atomic E-state index is 12.0. The van der Waals surface area contributed by atoms with Gasteiger partial charge in [0.1, 0.15) is 0 Å². The Morgan fingerprint density at radius 1 is 1.26 bits per heavy atom. The van der Waals surface area contributed by atoms with Crippen molar-refractivity contribution in [1.82, 2.24) is 5.32 Å². The molecular weight excluding hydrogens is 336 g/mol. The van der Waals surface area contributed by atoms with Gasteiger partial charge in [-0.15, -0.1) is 11.8 Å². The molecule has 1 atom stereocenters. The van der Waals surface area contributed by atoms with Gasteiger partial charge in [-0.25, -0.2) is 8.42 Å². The van der Waals surface area contributed by atoms with E-state index in [9.17, 15) is 18.0 Å². The molecule has 1 aliphatic rings. The second-order valence-electron chi connectivity index (χ2n) is 5.95. The Morgan fingerprint density at radius 2 is 1.91 bits per heavy atom. The largest absolute Gasteiger partial charge is 0.349 e. The van der Waals surface area contributed by atoms with Gasteiger partial charge in [0.2, 0.25) is 11.8 Å². The fraction of sp³-hybridized carbons (Fsp3) is 0.467. The van der Waals surface area contributed by atoms with Crippen molar-refractivity contribution in [3.63, 3.8) is 0 Å². The van der Waals surface area contributed by atoms with Crippen LogP contribution in [-0.2, 0) is 19.4 Å². The normalized spacial score (nSPS) is 22.5. The van der Waals surface area contributed by atoms with E-state index in [1.54, 1.807) is 19.1 Å². The molecule has 1 fully saturated rings. The monoisotopic (exact) mass is 356 g/mol. The summed E-state index contributed by atoms with van der Waals surface area (Å²) in [6.07, 6.45) is 0.456. The lowest BCUT2D eigenvalue weighted by Crippen LogP contribution is -2.47. The van der Waals surface area contributed by atoms with Crippen LogP contribution in [0.2, 0.25) is 0 Å². The Kier molecular flexibility index (Phi) is 5.36. The Hall–Kier alpha value is -1.54. The van der Waals surface area contributed by atoms with E-state index < -0.39 is 15.4 Å². The van der Waals surface area contributed by atoms with Gasteiger partial charge in [-0.2, -0.15) is 0 Å². The van der Waals surface area contributed by atoms with Crippen molar-refractivity contribution in [3.8, 4) is 0 Å². The molecule has 0 aliphatic carbocycles. The molecule has 0 aromatic heterocycles. The Bertz CT molecular complexity index is 701. The van der Waals surface area contributed by atoms with Crippen LogP contribution in [-0.4, -0.2) is 43.0 Å². The van der Waals surface area contributed by atoms with Gasteiger partial charge in [0.15, 0.2) is 9.84 Å². The highest BCUT2D eigenvalue weighted by molar-refractivity contribution is 8.00. The minimum atomic E-state index is -3.04. The molecule has 23 heavy (non-hydrogen) atoms. The number of carbonyl (C=O) groups is 2. The highest BCUT2D eigenvalue weighted by atomic mass is 32.2. The molecule has 0 saturated carbocycles. The minimum absolute atomic E-state index is 0.00180. The molecule has 1 heterocycles. The van der Waals surface area contributed by atoms with Crippen molar-refractivity contribution < 1.29 is 18.0 Å². The van der Waals surface area contributed by atoms with Gasteiger partial charge in [-0.05, 0) is 37.6 Å². The fourth-order valence-electron chi connectivity index (χ4n) is 2.47. The highest BCUT2D eigenvalue weighted by Crippen LogP contribution is 2.24. The zero-order valence-corrected chi connectivity index (χ0v) is 14.7. The van der Waals surface area contributed by atoms with Crippen molar-refractivity contribution >= 4 is 39.1 Å². The standard InChI is InChI=1S/C15H20N2O4S2/c1-11(18)16-12-3-5-13(6-4-12)22-9-14(19)17-15(2)7-8-23(20,21)10-15/h3-6H,7-10H2,1-2H3,(H,16,18)(H,17,19)/t15-/m0/s1. The third-order valence-corrected chi connectivity index (χ3v) is 6.40. The van der Waals surface area contributed by atoms with Gasteiger partial charge >= 0.3 is 0 Å². The van der Waals surface area contributed by atoms with E-state index in [1.165, 1.54) is 18.7 Å². The number of amides is 2. The van der Waals surface area contributed by atoms with E-state index in [-0.39, 0.29) is 29.1 Å². The lowest BCUT2D eigenvalue weighted by molar-refractivity contribution is -0.120. The molecule has 6 nitrogen and oxygen atoms in total. The van der Waals surface area contributed by atoms with E-state index in [0.717, 1.165) is 4.90 Å². The van der Waals surface area contributed by atoms with E-state index >= 15 is 0 Å². The summed E-state index contributed by atoms with van der Waals surface area (Å²) < 4.78 is 23.1. The number of hydrogen-bond donors (Lipinski definition) is 2. The van der Waals surface area contributed by atoms with Crippen molar-refractivity contribution in [3.05, 3.63) is 24.3 Å². The second-order valence-corrected chi connectivity index (χ2v) is 9.18. The number of rotatable bonds is 5. The summed E-state index contributed by atoms with van der Waals surface area (Å²) in [5.74, 6) is 0.0310. The molecule has 1 aliphatic heterocycles. The summed E-state index contributed by atoms with van der Waals surface area (Å²) in [5, 5.41) is 5.50. The van der Waals surface area contributed by atoms with Gasteiger partial charge in [-0.1, -0.05) is 0 Å². The number of thioether (sulfide) groups is 1. The molecule has 2 N–H and O–H groups in total. The molecule has 0 bridgehead atoms. The summed E-state index contributed by atoms with van der Waals surface area (Å²) in [6.45, 7) is 3.21.